The highest BCUT2D eigenvalue weighted by atomic mass is 79.9. The quantitative estimate of drug-likeness (QED) is 0.472. The van der Waals surface area contributed by atoms with E-state index in [9.17, 15) is 0 Å². The minimum Gasteiger partial charge on any atom is -0.383 e. The van der Waals surface area contributed by atoms with Crippen molar-refractivity contribution >= 4 is 43.7 Å². The molecule has 1 aliphatic rings. The van der Waals surface area contributed by atoms with Gasteiger partial charge < -0.3 is 10.3 Å². The van der Waals surface area contributed by atoms with Crippen LogP contribution in [0.15, 0.2) is 53.5 Å². The van der Waals surface area contributed by atoms with Gasteiger partial charge in [-0.15, -0.1) is 0 Å². The second kappa shape index (κ2) is 7.17. The van der Waals surface area contributed by atoms with Crippen molar-refractivity contribution in [1.82, 2.24) is 19.5 Å². The number of nitrogens with two attached hydrogens (primary N) is 1. The van der Waals surface area contributed by atoms with Crippen molar-refractivity contribution in [3.8, 4) is 0 Å². The van der Waals surface area contributed by atoms with Crippen molar-refractivity contribution in [2.45, 2.75) is 38.1 Å². The predicted octanol–water partition coefficient (Wildman–Crippen LogP) is 5.30. The van der Waals surface area contributed by atoms with E-state index in [2.05, 4.69) is 65.9 Å². The van der Waals surface area contributed by atoms with Crippen LogP contribution in [0, 0.1) is 5.92 Å². The number of hydrogen-bond acceptors (Lipinski definition) is 4. The molecule has 0 radical (unpaired) electrons. The van der Waals surface area contributed by atoms with Crippen LogP contribution in [0.3, 0.4) is 0 Å². The Bertz CT molecular complexity index is 1150. The summed E-state index contributed by atoms with van der Waals surface area (Å²) in [5, 5.41) is 2.14. The number of rotatable bonds is 4. The zero-order valence-electron chi connectivity index (χ0n) is 15.6. The van der Waals surface area contributed by atoms with Gasteiger partial charge in [0.15, 0.2) is 0 Å². The topological polar surface area (TPSA) is 69.6 Å². The van der Waals surface area contributed by atoms with Crippen molar-refractivity contribution in [2.75, 3.05) is 5.73 Å². The summed E-state index contributed by atoms with van der Waals surface area (Å²) < 4.78 is 3.32. The zero-order valence-corrected chi connectivity index (χ0v) is 17.1. The maximum Gasteiger partial charge on any atom is 0.145 e. The number of nitrogens with zero attached hydrogens (tertiary/aromatic N) is 4. The molecule has 5 nitrogen and oxygen atoms in total. The Labute approximate surface area is 172 Å². The predicted molar refractivity (Wildman–Crippen MR) is 116 cm³/mol. The molecule has 0 aliphatic heterocycles. The monoisotopic (exact) mass is 435 g/mol. The molecule has 0 bridgehead atoms. The van der Waals surface area contributed by atoms with E-state index in [1.807, 2.05) is 12.3 Å². The molecule has 1 aromatic carbocycles. The summed E-state index contributed by atoms with van der Waals surface area (Å²) in [5.74, 6) is 1.31. The minimum atomic E-state index is 0.507. The Kier molecular flexibility index (Phi) is 4.51. The smallest absolute Gasteiger partial charge is 0.145 e. The Balaban J connectivity index is 1.26. The van der Waals surface area contributed by atoms with Crippen molar-refractivity contribution in [1.29, 1.82) is 0 Å². The number of benzene rings is 1. The van der Waals surface area contributed by atoms with Crippen molar-refractivity contribution < 1.29 is 0 Å². The molecule has 0 saturated heterocycles. The Morgan fingerprint density at radius 1 is 1.11 bits per heavy atom. The van der Waals surface area contributed by atoms with E-state index in [0.29, 0.717) is 11.9 Å². The molecule has 3 aromatic heterocycles. The highest BCUT2D eigenvalue weighted by molar-refractivity contribution is 9.10. The van der Waals surface area contributed by atoms with Gasteiger partial charge in [-0.05, 0) is 77.7 Å². The van der Waals surface area contributed by atoms with Gasteiger partial charge in [-0.2, -0.15) is 0 Å². The van der Waals surface area contributed by atoms with Gasteiger partial charge in [0.2, 0.25) is 0 Å². The summed E-state index contributed by atoms with van der Waals surface area (Å²) >= 11 is 3.49. The third kappa shape index (κ3) is 3.26. The van der Waals surface area contributed by atoms with E-state index >= 15 is 0 Å². The van der Waals surface area contributed by atoms with Crippen LogP contribution in [-0.2, 0) is 6.42 Å². The number of halogens is 1. The van der Waals surface area contributed by atoms with Crippen LogP contribution in [0.1, 0.15) is 37.3 Å². The molecule has 1 saturated carbocycles. The summed E-state index contributed by atoms with van der Waals surface area (Å²) in [6, 6.07) is 11.3. The molecule has 2 atom stereocenters. The fourth-order valence-electron chi connectivity index (χ4n) is 4.51. The maximum atomic E-state index is 5.98. The fraction of sp³-hybridized carbons (Fsp3) is 0.318. The Morgan fingerprint density at radius 3 is 2.96 bits per heavy atom. The molecule has 5 rings (SSSR count). The first kappa shape index (κ1) is 17.6. The number of fused-ring (bicyclic) bond motifs is 2. The van der Waals surface area contributed by atoms with Crippen LogP contribution < -0.4 is 5.73 Å². The fourth-order valence-corrected chi connectivity index (χ4v) is 4.86. The van der Waals surface area contributed by atoms with Gasteiger partial charge in [-0.3, -0.25) is 4.98 Å². The average Bonchev–Trinajstić information content (AvgIpc) is 3.33. The summed E-state index contributed by atoms with van der Waals surface area (Å²) in [6.45, 7) is 0. The molecule has 3 heterocycles. The molecular formula is C22H22BrN5. The summed E-state index contributed by atoms with van der Waals surface area (Å²) in [5.41, 5.74) is 9.39. The third-order valence-corrected chi connectivity index (χ3v) is 6.44. The first-order valence-electron chi connectivity index (χ1n) is 9.78. The lowest BCUT2D eigenvalue weighted by Gasteiger charge is -2.14. The van der Waals surface area contributed by atoms with Crippen molar-refractivity contribution in [3.63, 3.8) is 0 Å². The highest BCUT2D eigenvalue weighted by Gasteiger charge is 2.27. The number of aryl methyl sites for hydroxylation is 1. The van der Waals surface area contributed by atoms with Crippen LogP contribution in [0.25, 0.3) is 21.9 Å². The molecular weight excluding hydrogens is 414 g/mol. The molecule has 0 spiro atoms. The van der Waals surface area contributed by atoms with Crippen LogP contribution in [-0.4, -0.2) is 19.5 Å². The molecule has 6 heteroatoms. The highest BCUT2D eigenvalue weighted by Crippen LogP contribution is 2.39. The molecule has 2 N–H and O–H groups in total. The second-order valence-electron chi connectivity index (χ2n) is 7.77. The Hall–Kier alpha value is -2.47. The van der Waals surface area contributed by atoms with Crippen LogP contribution in [0.4, 0.5) is 5.82 Å². The average molecular weight is 436 g/mol. The number of anilines is 1. The summed E-state index contributed by atoms with van der Waals surface area (Å²) in [6.07, 6.45) is 11.5. The lowest BCUT2D eigenvalue weighted by Crippen LogP contribution is -2.06. The van der Waals surface area contributed by atoms with E-state index in [4.69, 9.17) is 5.73 Å². The van der Waals surface area contributed by atoms with Gasteiger partial charge in [0.05, 0.1) is 10.9 Å². The first-order valence-corrected chi connectivity index (χ1v) is 10.6. The molecule has 0 amide bonds. The van der Waals surface area contributed by atoms with Gasteiger partial charge in [-0.1, -0.05) is 12.1 Å². The van der Waals surface area contributed by atoms with E-state index in [1.165, 1.54) is 36.6 Å². The van der Waals surface area contributed by atoms with E-state index in [-0.39, 0.29) is 0 Å². The first-order chi connectivity index (χ1) is 13.7. The largest absolute Gasteiger partial charge is 0.383 e. The lowest BCUT2D eigenvalue weighted by atomic mass is 9.97. The van der Waals surface area contributed by atoms with Crippen LogP contribution >= 0.6 is 15.9 Å². The van der Waals surface area contributed by atoms with Gasteiger partial charge in [0.1, 0.15) is 17.8 Å². The molecule has 1 fully saturated rings. The number of pyridine rings is 1. The Morgan fingerprint density at radius 2 is 2.04 bits per heavy atom. The molecule has 142 valence electrons. The molecule has 28 heavy (non-hydrogen) atoms. The van der Waals surface area contributed by atoms with Gasteiger partial charge in [-0.25, -0.2) is 9.97 Å². The number of aromatic nitrogens is 4. The van der Waals surface area contributed by atoms with Crippen molar-refractivity contribution in [2.24, 2.45) is 5.92 Å². The molecule has 2 unspecified atom stereocenters. The number of nitrogen functional groups attached to an aromatic ring is 1. The summed E-state index contributed by atoms with van der Waals surface area (Å²) in [7, 11) is 0. The summed E-state index contributed by atoms with van der Waals surface area (Å²) in [4.78, 5) is 13.1. The SMILES string of the molecule is Nc1ncnc2c1ccn2C1CCC(CCc2ccc3cc(Br)cnc3c2)C1. The van der Waals surface area contributed by atoms with Crippen LogP contribution in [0.5, 0.6) is 0 Å². The normalized spacial score (nSPS) is 19.6. The third-order valence-electron chi connectivity index (χ3n) is 6.00. The van der Waals surface area contributed by atoms with Gasteiger partial charge >= 0.3 is 0 Å². The van der Waals surface area contributed by atoms with Crippen molar-refractivity contribution in [3.05, 3.63) is 59.1 Å². The van der Waals surface area contributed by atoms with E-state index < -0.39 is 0 Å². The standard InChI is InChI=1S/C22H22BrN5/c23-17-11-16-5-3-15(10-20(16)25-12-17)2-1-14-4-6-18(9-14)28-8-7-19-21(24)26-13-27-22(19)28/h3,5,7-8,10-14,18H,1-2,4,6,9H2,(H2,24,26,27). The van der Waals surface area contributed by atoms with Crippen LogP contribution in [0.2, 0.25) is 0 Å². The zero-order chi connectivity index (χ0) is 19.1. The second-order valence-corrected chi connectivity index (χ2v) is 8.69. The maximum absolute atomic E-state index is 5.98. The van der Waals surface area contributed by atoms with Gasteiger partial charge in [0, 0.05) is 28.3 Å². The van der Waals surface area contributed by atoms with E-state index in [0.717, 1.165) is 33.4 Å². The molecule has 4 aromatic rings. The van der Waals surface area contributed by atoms with Gasteiger partial charge in [0.25, 0.3) is 0 Å². The lowest BCUT2D eigenvalue weighted by molar-refractivity contribution is 0.461. The molecule has 1 aliphatic carbocycles. The minimum absolute atomic E-state index is 0.507. The van der Waals surface area contributed by atoms with E-state index in [1.54, 1.807) is 6.33 Å². The number of hydrogen-bond donors (Lipinski definition) is 1.